The molecule has 0 aliphatic carbocycles. The van der Waals surface area contributed by atoms with E-state index < -0.39 is 17.4 Å². The predicted octanol–water partition coefficient (Wildman–Crippen LogP) is 4.96. The summed E-state index contributed by atoms with van der Waals surface area (Å²) in [5.41, 5.74) is 1.44. The largest absolute Gasteiger partial charge is 0.480 e. The van der Waals surface area contributed by atoms with E-state index in [1.54, 1.807) is 0 Å². The van der Waals surface area contributed by atoms with Gasteiger partial charge in [-0.1, -0.05) is 103 Å². The fraction of sp³-hybridized carbons (Fsp3) is 0.143. The molecule has 4 aromatic carbocycles. The van der Waals surface area contributed by atoms with E-state index in [2.05, 4.69) is 5.32 Å². The first-order chi connectivity index (χ1) is 15.5. The average Bonchev–Trinajstić information content (AvgIpc) is 2.84. The summed E-state index contributed by atoms with van der Waals surface area (Å²) in [6.45, 7) is 1.84. The van der Waals surface area contributed by atoms with E-state index in [9.17, 15) is 14.7 Å². The van der Waals surface area contributed by atoms with Crippen LogP contribution in [0.2, 0.25) is 0 Å². The second-order valence-corrected chi connectivity index (χ2v) is 8.11. The van der Waals surface area contributed by atoms with Gasteiger partial charge in [-0.05, 0) is 34.4 Å². The van der Waals surface area contributed by atoms with E-state index >= 15 is 0 Å². The van der Waals surface area contributed by atoms with Gasteiger partial charge in [0.1, 0.15) is 6.04 Å². The lowest BCUT2D eigenvalue weighted by molar-refractivity contribution is -0.142. The molecule has 32 heavy (non-hydrogen) atoms. The van der Waals surface area contributed by atoms with Crippen molar-refractivity contribution >= 4 is 22.6 Å². The van der Waals surface area contributed by atoms with E-state index in [1.807, 2.05) is 110 Å². The number of nitrogens with one attached hydrogen (secondary N) is 1. The van der Waals surface area contributed by atoms with Gasteiger partial charge in [0.15, 0.2) is 0 Å². The Morgan fingerprint density at radius 2 is 1.31 bits per heavy atom. The molecule has 4 aromatic rings. The molecule has 160 valence electrons. The zero-order chi connectivity index (χ0) is 22.6. The third kappa shape index (κ3) is 4.26. The van der Waals surface area contributed by atoms with Crippen molar-refractivity contribution in [3.63, 3.8) is 0 Å². The Labute approximate surface area is 187 Å². The quantitative estimate of drug-likeness (QED) is 0.442. The molecule has 0 spiro atoms. The standard InChI is InChI=1S/C28H25NO3/c1-28(23-12-4-2-5-13-23,24-14-6-3-7-15-24)27(32)29-25(26(30)31)19-20-16-17-21-10-8-9-11-22(21)18-20/h2-18,25H,19H2,1H3,(H,29,32)(H,30,31)/t25-/m0/s1. The van der Waals surface area contributed by atoms with Crippen LogP contribution in [0.15, 0.2) is 103 Å². The Morgan fingerprint density at radius 3 is 1.88 bits per heavy atom. The number of carbonyl (C=O) groups excluding carboxylic acids is 1. The molecule has 4 rings (SSSR count). The van der Waals surface area contributed by atoms with Crippen LogP contribution in [-0.4, -0.2) is 23.0 Å². The molecule has 0 saturated carbocycles. The van der Waals surface area contributed by atoms with Crippen LogP contribution in [0, 0.1) is 0 Å². The molecule has 0 heterocycles. The van der Waals surface area contributed by atoms with Crippen LogP contribution in [0.25, 0.3) is 10.8 Å². The number of amides is 1. The van der Waals surface area contributed by atoms with Gasteiger partial charge in [-0.3, -0.25) is 4.79 Å². The summed E-state index contributed by atoms with van der Waals surface area (Å²) in [6.07, 6.45) is 0.200. The number of hydrogen-bond donors (Lipinski definition) is 2. The van der Waals surface area contributed by atoms with E-state index in [1.165, 1.54) is 0 Å². The first-order valence-corrected chi connectivity index (χ1v) is 10.6. The van der Waals surface area contributed by atoms with Gasteiger partial charge >= 0.3 is 5.97 Å². The molecule has 0 aromatic heterocycles. The Balaban J connectivity index is 1.65. The van der Waals surface area contributed by atoms with Crippen LogP contribution in [0.1, 0.15) is 23.6 Å². The first-order valence-electron chi connectivity index (χ1n) is 10.6. The van der Waals surface area contributed by atoms with Gasteiger partial charge in [-0.2, -0.15) is 0 Å². The smallest absolute Gasteiger partial charge is 0.326 e. The van der Waals surface area contributed by atoms with Crippen molar-refractivity contribution in [2.24, 2.45) is 0 Å². The summed E-state index contributed by atoms with van der Waals surface area (Å²) in [6, 6.07) is 31.7. The summed E-state index contributed by atoms with van der Waals surface area (Å²) in [7, 11) is 0. The Bertz CT molecular complexity index is 1200. The molecule has 4 heteroatoms. The van der Waals surface area contributed by atoms with Crippen LogP contribution in [0.4, 0.5) is 0 Å². The number of carboxylic acids is 1. The lowest BCUT2D eigenvalue weighted by atomic mass is 9.75. The van der Waals surface area contributed by atoms with E-state index in [0.717, 1.165) is 27.5 Å². The Hall–Kier alpha value is -3.92. The van der Waals surface area contributed by atoms with Crippen molar-refractivity contribution in [3.8, 4) is 0 Å². The molecule has 1 atom stereocenters. The highest BCUT2D eigenvalue weighted by Crippen LogP contribution is 2.32. The molecule has 0 bridgehead atoms. The van der Waals surface area contributed by atoms with Crippen LogP contribution in [0.3, 0.4) is 0 Å². The minimum atomic E-state index is -1.06. The van der Waals surface area contributed by atoms with Crippen molar-refractivity contribution in [1.29, 1.82) is 0 Å². The number of benzene rings is 4. The zero-order valence-electron chi connectivity index (χ0n) is 17.9. The van der Waals surface area contributed by atoms with Crippen LogP contribution >= 0.6 is 0 Å². The molecule has 0 aliphatic rings. The number of carboxylic acid groups (broad SMARTS) is 1. The Morgan fingerprint density at radius 1 is 0.781 bits per heavy atom. The maximum Gasteiger partial charge on any atom is 0.326 e. The average molecular weight is 424 g/mol. The van der Waals surface area contributed by atoms with E-state index in [0.29, 0.717) is 0 Å². The topological polar surface area (TPSA) is 66.4 Å². The van der Waals surface area contributed by atoms with Crippen LogP contribution in [0.5, 0.6) is 0 Å². The van der Waals surface area contributed by atoms with E-state index in [4.69, 9.17) is 0 Å². The second kappa shape index (κ2) is 9.06. The lowest BCUT2D eigenvalue weighted by Crippen LogP contribution is -2.50. The van der Waals surface area contributed by atoms with Gasteiger partial charge in [-0.25, -0.2) is 4.79 Å². The van der Waals surface area contributed by atoms with Crippen molar-refractivity contribution < 1.29 is 14.7 Å². The van der Waals surface area contributed by atoms with E-state index in [-0.39, 0.29) is 12.3 Å². The molecular weight excluding hydrogens is 398 g/mol. The van der Waals surface area contributed by atoms with Crippen molar-refractivity contribution in [3.05, 3.63) is 120 Å². The molecule has 0 aliphatic heterocycles. The second-order valence-electron chi connectivity index (χ2n) is 8.11. The monoisotopic (exact) mass is 423 g/mol. The highest BCUT2D eigenvalue weighted by Gasteiger charge is 2.39. The molecule has 2 N–H and O–H groups in total. The van der Waals surface area contributed by atoms with Gasteiger partial charge in [-0.15, -0.1) is 0 Å². The highest BCUT2D eigenvalue weighted by atomic mass is 16.4. The number of aliphatic carboxylic acids is 1. The molecular formula is C28H25NO3. The fourth-order valence-corrected chi connectivity index (χ4v) is 4.08. The summed E-state index contributed by atoms with van der Waals surface area (Å²) in [5.74, 6) is -1.40. The zero-order valence-corrected chi connectivity index (χ0v) is 17.9. The predicted molar refractivity (Wildman–Crippen MR) is 127 cm³/mol. The molecule has 0 fully saturated rings. The summed E-state index contributed by atoms with van der Waals surface area (Å²) >= 11 is 0. The third-order valence-corrected chi connectivity index (χ3v) is 6.01. The molecule has 4 nitrogen and oxygen atoms in total. The molecule has 0 saturated heterocycles. The number of hydrogen-bond acceptors (Lipinski definition) is 2. The molecule has 0 radical (unpaired) electrons. The third-order valence-electron chi connectivity index (χ3n) is 6.01. The van der Waals surface area contributed by atoms with Gasteiger partial charge < -0.3 is 10.4 Å². The number of rotatable bonds is 7. The number of carbonyl (C=O) groups is 2. The minimum Gasteiger partial charge on any atom is -0.480 e. The van der Waals surface area contributed by atoms with Crippen LogP contribution in [-0.2, 0) is 21.4 Å². The molecule has 1 amide bonds. The van der Waals surface area contributed by atoms with Crippen LogP contribution < -0.4 is 5.32 Å². The SMILES string of the molecule is CC(C(=O)N[C@@H](Cc1ccc2ccccc2c1)C(=O)O)(c1ccccc1)c1ccccc1. The van der Waals surface area contributed by atoms with Crippen molar-refractivity contribution in [2.45, 2.75) is 24.8 Å². The van der Waals surface area contributed by atoms with Gasteiger partial charge in [0.25, 0.3) is 0 Å². The fourth-order valence-electron chi connectivity index (χ4n) is 4.08. The van der Waals surface area contributed by atoms with Gasteiger partial charge in [0, 0.05) is 6.42 Å². The Kier molecular flexibility index (Phi) is 6.04. The van der Waals surface area contributed by atoms with Crippen molar-refractivity contribution in [2.75, 3.05) is 0 Å². The summed E-state index contributed by atoms with van der Waals surface area (Å²) in [5, 5.41) is 14.8. The van der Waals surface area contributed by atoms with Gasteiger partial charge in [0.2, 0.25) is 5.91 Å². The maximum absolute atomic E-state index is 13.6. The number of fused-ring (bicyclic) bond motifs is 1. The minimum absolute atomic E-state index is 0.200. The summed E-state index contributed by atoms with van der Waals surface area (Å²) in [4.78, 5) is 25.7. The highest BCUT2D eigenvalue weighted by molar-refractivity contribution is 5.94. The maximum atomic E-state index is 13.6. The normalized spacial score (nSPS) is 12.3. The lowest BCUT2D eigenvalue weighted by Gasteiger charge is -2.31. The first kappa shape index (κ1) is 21.3. The molecule has 0 unspecified atom stereocenters. The van der Waals surface area contributed by atoms with Crippen molar-refractivity contribution in [1.82, 2.24) is 5.32 Å². The summed E-state index contributed by atoms with van der Waals surface area (Å²) < 4.78 is 0. The van der Waals surface area contributed by atoms with Gasteiger partial charge in [0.05, 0.1) is 5.41 Å².